The minimum atomic E-state index is 0.734. The fourth-order valence-corrected chi connectivity index (χ4v) is 1.95. The molecule has 96 valence electrons. The molecule has 0 atom stereocenters. The fourth-order valence-electron chi connectivity index (χ4n) is 1.95. The van der Waals surface area contributed by atoms with Gasteiger partial charge in [-0.1, -0.05) is 26.0 Å². The Kier molecular flexibility index (Phi) is 4.53. The number of nitrogens with zero attached hydrogens (tertiary/aromatic N) is 1. The van der Waals surface area contributed by atoms with E-state index in [4.69, 9.17) is 4.74 Å². The molecule has 3 nitrogen and oxygen atoms in total. The first kappa shape index (κ1) is 12.8. The SMILES string of the molecule is CCCOc1ccc(CNCC)c2cccnc12. The molecule has 0 radical (unpaired) electrons. The molecule has 1 aromatic carbocycles. The monoisotopic (exact) mass is 244 g/mol. The van der Waals surface area contributed by atoms with Crippen LogP contribution in [0, 0.1) is 0 Å². The zero-order chi connectivity index (χ0) is 12.8. The van der Waals surface area contributed by atoms with Crippen molar-refractivity contribution in [2.45, 2.75) is 26.8 Å². The molecule has 0 bridgehead atoms. The molecule has 0 saturated carbocycles. The van der Waals surface area contributed by atoms with E-state index in [1.54, 1.807) is 0 Å². The van der Waals surface area contributed by atoms with Gasteiger partial charge < -0.3 is 10.1 Å². The number of ether oxygens (including phenoxy) is 1. The van der Waals surface area contributed by atoms with E-state index < -0.39 is 0 Å². The number of rotatable bonds is 6. The first-order valence-electron chi connectivity index (χ1n) is 6.57. The summed E-state index contributed by atoms with van der Waals surface area (Å²) in [5.41, 5.74) is 2.23. The Labute approximate surface area is 108 Å². The number of hydrogen-bond acceptors (Lipinski definition) is 3. The number of fused-ring (bicyclic) bond motifs is 1. The van der Waals surface area contributed by atoms with Gasteiger partial charge in [0, 0.05) is 18.1 Å². The van der Waals surface area contributed by atoms with E-state index in [-0.39, 0.29) is 0 Å². The highest BCUT2D eigenvalue weighted by molar-refractivity contribution is 5.87. The van der Waals surface area contributed by atoms with Crippen molar-refractivity contribution in [3.8, 4) is 5.75 Å². The second kappa shape index (κ2) is 6.36. The van der Waals surface area contributed by atoms with Crippen molar-refractivity contribution in [2.24, 2.45) is 0 Å². The second-order valence-corrected chi connectivity index (χ2v) is 4.25. The number of aromatic nitrogens is 1. The number of hydrogen-bond donors (Lipinski definition) is 1. The van der Waals surface area contributed by atoms with Crippen molar-refractivity contribution in [3.05, 3.63) is 36.0 Å². The largest absolute Gasteiger partial charge is 0.491 e. The lowest BCUT2D eigenvalue weighted by Crippen LogP contribution is -2.12. The first-order valence-corrected chi connectivity index (χ1v) is 6.57. The van der Waals surface area contributed by atoms with Crippen LogP contribution in [0.25, 0.3) is 10.9 Å². The summed E-state index contributed by atoms with van der Waals surface area (Å²) in [5, 5.41) is 4.52. The first-order chi connectivity index (χ1) is 8.86. The molecule has 1 N–H and O–H groups in total. The topological polar surface area (TPSA) is 34.1 Å². The van der Waals surface area contributed by atoms with Gasteiger partial charge in [-0.25, -0.2) is 0 Å². The molecule has 0 aliphatic rings. The van der Waals surface area contributed by atoms with Crippen molar-refractivity contribution in [1.82, 2.24) is 10.3 Å². The molecule has 1 heterocycles. The third-order valence-corrected chi connectivity index (χ3v) is 2.85. The van der Waals surface area contributed by atoms with Gasteiger partial charge in [0.25, 0.3) is 0 Å². The number of nitrogens with one attached hydrogen (secondary N) is 1. The van der Waals surface area contributed by atoms with Crippen LogP contribution in [0.3, 0.4) is 0 Å². The summed E-state index contributed by atoms with van der Waals surface area (Å²) >= 11 is 0. The van der Waals surface area contributed by atoms with Gasteiger partial charge in [-0.2, -0.15) is 0 Å². The minimum absolute atomic E-state index is 0.734. The lowest BCUT2D eigenvalue weighted by atomic mass is 10.1. The average molecular weight is 244 g/mol. The molecule has 0 aliphatic carbocycles. The quantitative estimate of drug-likeness (QED) is 0.847. The van der Waals surface area contributed by atoms with Gasteiger partial charge in [0.15, 0.2) is 0 Å². The van der Waals surface area contributed by atoms with Crippen LogP contribution in [0.2, 0.25) is 0 Å². The Morgan fingerprint density at radius 1 is 1.22 bits per heavy atom. The molecule has 2 rings (SSSR count). The molecule has 2 aromatic rings. The van der Waals surface area contributed by atoms with Crippen LogP contribution >= 0.6 is 0 Å². The molecule has 0 amide bonds. The van der Waals surface area contributed by atoms with Crippen molar-refractivity contribution in [2.75, 3.05) is 13.2 Å². The summed E-state index contributed by atoms with van der Waals surface area (Å²) in [4.78, 5) is 4.45. The predicted molar refractivity (Wildman–Crippen MR) is 74.9 cm³/mol. The molecule has 1 aromatic heterocycles. The standard InChI is InChI=1S/C15H20N2O/c1-3-10-18-14-8-7-12(11-16-4-2)13-6-5-9-17-15(13)14/h5-9,16H,3-4,10-11H2,1-2H3. The van der Waals surface area contributed by atoms with Crippen LogP contribution in [-0.4, -0.2) is 18.1 Å². The second-order valence-electron chi connectivity index (χ2n) is 4.25. The summed E-state index contributed by atoms with van der Waals surface area (Å²) in [7, 11) is 0. The number of benzene rings is 1. The summed E-state index contributed by atoms with van der Waals surface area (Å²) in [6.07, 6.45) is 2.83. The zero-order valence-corrected chi connectivity index (χ0v) is 11.1. The van der Waals surface area contributed by atoms with Gasteiger partial charge in [-0.15, -0.1) is 0 Å². The van der Waals surface area contributed by atoms with Gasteiger partial charge in [-0.3, -0.25) is 4.98 Å². The molecule has 18 heavy (non-hydrogen) atoms. The molecular formula is C15H20N2O. The van der Waals surface area contributed by atoms with Gasteiger partial charge >= 0.3 is 0 Å². The van der Waals surface area contributed by atoms with E-state index in [1.807, 2.05) is 18.3 Å². The Morgan fingerprint density at radius 3 is 2.89 bits per heavy atom. The maximum Gasteiger partial charge on any atom is 0.145 e. The van der Waals surface area contributed by atoms with Crippen LogP contribution in [0.1, 0.15) is 25.8 Å². The third-order valence-electron chi connectivity index (χ3n) is 2.85. The van der Waals surface area contributed by atoms with E-state index in [0.717, 1.165) is 37.4 Å². The summed E-state index contributed by atoms with van der Waals surface area (Å²) < 4.78 is 5.74. The van der Waals surface area contributed by atoms with Crippen LogP contribution in [-0.2, 0) is 6.54 Å². The van der Waals surface area contributed by atoms with Gasteiger partial charge in [-0.05, 0) is 30.7 Å². The molecule has 0 unspecified atom stereocenters. The minimum Gasteiger partial charge on any atom is -0.491 e. The Morgan fingerprint density at radius 2 is 2.11 bits per heavy atom. The summed E-state index contributed by atoms with van der Waals surface area (Å²) in [6, 6.07) is 8.23. The summed E-state index contributed by atoms with van der Waals surface area (Å²) in [5.74, 6) is 0.882. The van der Waals surface area contributed by atoms with Crippen LogP contribution < -0.4 is 10.1 Å². The molecule has 0 aliphatic heterocycles. The smallest absolute Gasteiger partial charge is 0.145 e. The lowest BCUT2D eigenvalue weighted by Gasteiger charge is -2.11. The van der Waals surface area contributed by atoms with E-state index in [1.165, 1.54) is 10.9 Å². The highest BCUT2D eigenvalue weighted by Crippen LogP contribution is 2.26. The number of pyridine rings is 1. The van der Waals surface area contributed by atoms with Crippen molar-refractivity contribution < 1.29 is 4.74 Å². The lowest BCUT2D eigenvalue weighted by molar-refractivity contribution is 0.320. The summed E-state index contributed by atoms with van der Waals surface area (Å²) in [6.45, 7) is 6.79. The van der Waals surface area contributed by atoms with Gasteiger partial charge in [0.1, 0.15) is 11.3 Å². The van der Waals surface area contributed by atoms with Crippen LogP contribution in [0.4, 0.5) is 0 Å². The predicted octanol–water partition coefficient (Wildman–Crippen LogP) is 3.13. The fraction of sp³-hybridized carbons (Fsp3) is 0.400. The Hall–Kier alpha value is -1.61. The molecule has 3 heteroatoms. The highest BCUT2D eigenvalue weighted by Gasteiger charge is 2.07. The van der Waals surface area contributed by atoms with Crippen molar-refractivity contribution in [3.63, 3.8) is 0 Å². The van der Waals surface area contributed by atoms with E-state index >= 15 is 0 Å². The Balaban J connectivity index is 2.38. The highest BCUT2D eigenvalue weighted by atomic mass is 16.5. The van der Waals surface area contributed by atoms with Gasteiger partial charge in [0.05, 0.1) is 6.61 Å². The van der Waals surface area contributed by atoms with Crippen molar-refractivity contribution in [1.29, 1.82) is 0 Å². The maximum absolute atomic E-state index is 5.74. The van der Waals surface area contributed by atoms with Crippen molar-refractivity contribution >= 4 is 10.9 Å². The molecule has 0 saturated heterocycles. The average Bonchev–Trinajstić information content (AvgIpc) is 2.43. The molecular weight excluding hydrogens is 224 g/mol. The molecule has 0 fully saturated rings. The van der Waals surface area contributed by atoms with Gasteiger partial charge in [0.2, 0.25) is 0 Å². The van der Waals surface area contributed by atoms with E-state index in [2.05, 4.69) is 36.3 Å². The van der Waals surface area contributed by atoms with Crippen LogP contribution in [0.5, 0.6) is 5.75 Å². The zero-order valence-electron chi connectivity index (χ0n) is 11.1. The van der Waals surface area contributed by atoms with E-state index in [0.29, 0.717) is 0 Å². The van der Waals surface area contributed by atoms with Crippen LogP contribution in [0.15, 0.2) is 30.5 Å². The Bertz CT molecular complexity index is 464. The third kappa shape index (κ3) is 2.79. The van der Waals surface area contributed by atoms with E-state index in [9.17, 15) is 0 Å². The normalized spacial score (nSPS) is 10.8. The molecule has 0 spiro atoms. The maximum atomic E-state index is 5.74.